The molecule has 1 heterocycles. The molecule has 0 bridgehead atoms. The van der Waals surface area contributed by atoms with Gasteiger partial charge in [0, 0.05) is 19.8 Å². The lowest BCUT2D eigenvalue weighted by atomic mass is 10.2. The third-order valence-corrected chi connectivity index (χ3v) is 4.58. The van der Waals surface area contributed by atoms with Gasteiger partial charge < -0.3 is 10.2 Å². The van der Waals surface area contributed by atoms with E-state index in [1.807, 2.05) is 55.4 Å². The van der Waals surface area contributed by atoms with E-state index in [4.69, 9.17) is 0 Å². The molecule has 26 heavy (non-hydrogen) atoms. The normalized spacial score (nSPS) is 17.3. The van der Waals surface area contributed by atoms with Crippen molar-refractivity contribution in [1.29, 1.82) is 0 Å². The molecule has 1 saturated heterocycles. The van der Waals surface area contributed by atoms with Gasteiger partial charge in [0.05, 0.1) is 10.6 Å². The molecule has 0 radical (unpaired) electrons. The Bertz CT molecular complexity index is 884. The van der Waals surface area contributed by atoms with E-state index in [1.54, 1.807) is 18.2 Å². The largest absolute Gasteiger partial charge is 0.378 e. The zero-order chi connectivity index (χ0) is 18.5. The van der Waals surface area contributed by atoms with Crippen LogP contribution < -0.4 is 10.2 Å². The molecule has 0 saturated carbocycles. The summed E-state index contributed by atoms with van der Waals surface area (Å²) in [5, 5.41) is 3.19. The van der Waals surface area contributed by atoms with Crippen LogP contribution in [0.2, 0.25) is 0 Å². The van der Waals surface area contributed by atoms with Crippen molar-refractivity contribution < 1.29 is 9.18 Å². The Balaban J connectivity index is 1.67. The zero-order valence-electron chi connectivity index (χ0n) is 14.4. The van der Waals surface area contributed by atoms with Gasteiger partial charge in [-0.2, -0.15) is 0 Å². The smallest absolute Gasteiger partial charge is 0.264 e. The fourth-order valence-electron chi connectivity index (χ4n) is 2.26. The first-order chi connectivity index (χ1) is 12.5. The Kier molecular flexibility index (Phi) is 5.53. The Labute approximate surface area is 156 Å². The van der Waals surface area contributed by atoms with Crippen molar-refractivity contribution in [3.63, 3.8) is 0 Å². The topological polar surface area (TPSA) is 44.7 Å². The maximum atomic E-state index is 12.9. The lowest BCUT2D eigenvalue weighted by Crippen LogP contribution is -2.19. The van der Waals surface area contributed by atoms with Crippen LogP contribution >= 0.6 is 11.8 Å². The monoisotopic (exact) mass is 367 g/mol. The van der Waals surface area contributed by atoms with E-state index in [2.05, 4.69) is 10.3 Å². The Hall–Kier alpha value is -2.86. The van der Waals surface area contributed by atoms with Crippen LogP contribution in [-0.4, -0.2) is 25.2 Å². The standard InChI is InChI=1S/C20H18FN3OS/c1-24(2)17-12-6-14(7-13-17)4-3-5-18-19(25)23-20(26-18)22-16-10-8-15(21)9-11-16/h3-13H,1-2H3,(H,22,23,25)/b4-3+,18-5+. The van der Waals surface area contributed by atoms with E-state index >= 15 is 0 Å². The number of halogens is 1. The van der Waals surface area contributed by atoms with Gasteiger partial charge in [0.25, 0.3) is 5.91 Å². The molecule has 2 aromatic rings. The SMILES string of the molecule is CN(C)c1ccc(/C=C/C=C2/SC(=Nc3ccc(F)cc3)NC2=O)cc1. The summed E-state index contributed by atoms with van der Waals surface area (Å²) in [6, 6.07) is 13.9. The van der Waals surface area contributed by atoms with Crippen LogP contribution in [0.5, 0.6) is 0 Å². The minimum atomic E-state index is -0.318. The molecule has 132 valence electrons. The highest BCUT2D eigenvalue weighted by Crippen LogP contribution is 2.26. The minimum Gasteiger partial charge on any atom is -0.378 e. The fourth-order valence-corrected chi connectivity index (χ4v) is 3.05. The van der Waals surface area contributed by atoms with Crippen LogP contribution in [0, 0.1) is 5.82 Å². The number of thioether (sulfide) groups is 1. The zero-order valence-corrected chi connectivity index (χ0v) is 15.3. The number of hydrogen-bond acceptors (Lipinski definition) is 4. The van der Waals surface area contributed by atoms with Crippen molar-refractivity contribution in [2.45, 2.75) is 0 Å². The van der Waals surface area contributed by atoms with E-state index in [-0.39, 0.29) is 11.7 Å². The first-order valence-electron chi connectivity index (χ1n) is 8.00. The summed E-state index contributed by atoms with van der Waals surface area (Å²) in [6.07, 6.45) is 5.54. The van der Waals surface area contributed by atoms with Crippen LogP contribution in [0.25, 0.3) is 6.08 Å². The Morgan fingerprint density at radius 2 is 1.77 bits per heavy atom. The number of carbonyl (C=O) groups excluding carboxylic acids is 1. The van der Waals surface area contributed by atoms with Gasteiger partial charge in [0.1, 0.15) is 5.82 Å². The van der Waals surface area contributed by atoms with Crippen LogP contribution in [0.4, 0.5) is 15.8 Å². The highest BCUT2D eigenvalue weighted by molar-refractivity contribution is 8.18. The average Bonchev–Trinajstić information content (AvgIpc) is 2.97. The fraction of sp³-hybridized carbons (Fsp3) is 0.100. The highest BCUT2D eigenvalue weighted by atomic mass is 32.2. The second-order valence-electron chi connectivity index (χ2n) is 5.83. The van der Waals surface area contributed by atoms with Gasteiger partial charge in [-0.3, -0.25) is 4.79 Å². The van der Waals surface area contributed by atoms with Gasteiger partial charge >= 0.3 is 0 Å². The maximum Gasteiger partial charge on any atom is 0.264 e. The van der Waals surface area contributed by atoms with Gasteiger partial charge in [0.2, 0.25) is 0 Å². The number of hydrogen-bond donors (Lipinski definition) is 1. The van der Waals surface area contributed by atoms with E-state index < -0.39 is 0 Å². The third kappa shape index (κ3) is 4.61. The number of aliphatic imine (C=N–C) groups is 1. The first-order valence-corrected chi connectivity index (χ1v) is 8.82. The van der Waals surface area contributed by atoms with Gasteiger partial charge in [-0.05, 0) is 59.8 Å². The molecule has 0 atom stereocenters. The van der Waals surface area contributed by atoms with Crippen molar-refractivity contribution in [2.24, 2.45) is 4.99 Å². The van der Waals surface area contributed by atoms with Gasteiger partial charge in [-0.1, -0.05) is 24.3 Å². The van der Waals surface area contributed by atoms with Gasteiger partial charge in [-0.15, -0.1) is 0 Å². The number of amidine groups is 1. The van der Waals surface area contributed by atoms with Gasteiger partial charge in [0.15, 0.2) is 5.17 Å². The summed E-state index contributed by atoms with van der Waals surface area (Å²) in [5.74, 6) is -0.509. The molecule has 2 aromatic carbocycles. The molecule has 4 nitrogen and oxygen atoms in total. The number of benzene rings is 2. The van der Waals surface area contributed by atoms with E-state index in [0.29, 0.717) is 15.8 Å². The van der Waals surface area contributed by atoms with Crippen LogP contribution in [0.1, 0.15) is 5.56 Å². The van der Waals surface area contributed by atoms with E-state index in [9.17, 15) is 9.18 Å². The number of amides is 1. The van der Waals surface area contributed by atoms with Crippen molar-refractivity contribution in [3.05, 3.63) is 77.0 Å². The van der Waals surface area contributed by atoms with E-state index in [1.165, 1.54) is 23.9 Å². The molecule has 0 unspecified atom stereocenters. The molecule has 3 rings (SSSR count). The van der Waals surface area contributed by atoms with Crippen LogP contribution in [0.15, 0.2) is 70.6 Å². The van der Waals surface area contributed by atoms with Crippen molar-refractivity contribution in [3.8, 4) is 0 Å². The number of allylic oxidation sites excluding steroid dienone is 2. The van der Waals surface area contributed by atoms with Crippen molar-refractivity contribution >= 4 is 40.3 Å². The summed E-state index contributed by atoms with van der Waals surface area (Å²) in [4.78, 5) is 18.9. The molecule has 6 heteroatoms. The second kappa shape index (κ2) is 8.01. The maximum absolute atomic E-state index is 12.9. The predicted molar refractivity (Wildman–Crippen MR) is 107 cm³/mol. The Morgan fingerprint density at radius 3 is 2.42 bits per heavy atom. The van der Waals surface area contributed by atoms with Crippen LogP contribution in [-0.2, 0) is 4.79 Å². The summed E-state index contributed by atoms with van der Waals surface area (Å²) in [5.41, 5.74) is 2.77. The number of anilines is 1. The summed E-state index contributed by atoms with van der Waals surface area (Å²) in [6.45, 7) is 0. The van der Waals surface area contributed by atoms with Crippen molar-refractivity contribution in [2.75, 3.05) is 19.0 Å². The second-order valence-corrected chi connectivity index (χ2v) is 6.86. The molecule has 0 aromatic heterocycles. The number of carbonyl (C=O) groups is 1. The minimum absolute atomic E-state index is 0.191. The Morgan fingerprint density at radius 1 is 1.08 bits per heavy atom. The summed E-state index contributed by atoms with van der Waals surface area (Å²) < 4.78 is 12.9. The quantitative estimate of drug-likeness (QED) is 0.818. The molecular weight excluding hydrogens is 349 g/mol. The van der Waals surface area contributed by atoms with E-state index in [0.717, 1.165) is 11.3 Å². The number of rotatable bonds is 4. The molecule has 1 aliphatic heterocycles. The highest BCUT2D eigenvalue weighted by Gasteiger charge is 2.23. The molecule has 0 spiro atoms. The lowest BCUT2D eigenvalue weighted by molar-refractivity contribution is -0.115. The lowest BCUT2D eigenvalue weighted by Gasteiger charge is -2.11. The average molecular weight is 367 g/mol. The van der Waals surface area contributed by atoms with Crippen molar-refractivity contribution in [1.82, 2.24) is 5.32 Å². The molecule has 1 amide bonds. The predicted octanol–water partition coefficient (Wildman–Crippen LogP) is 4.34. The third-order valence-electron chi connectivity index (χ3n) is 3.65. The molecular formula is C20H18FN3OS. The molecule has 1 aliphatic rings. The molecule has 1 fully saturated rings. The van der Waals surface area contributed by atoms with Gasteiger partial charge in [-0.25, -0.2) is 9.38 Å². The summed E-state index contributed by atoms with van der Waals surface area (Å²) >= 11 is 1.26. The molecule has 1 N–H and O–H groups in total. The summed E-state index contributed by atoms with van der Waals surface area (Å²) in [7, 11) is 3.99. The number of nitrogens with zero attached hydrogens (tertiary/aromatic N) is 2. The first kappa shape index (κ1) is 17.9. The number of nitrogens with one attached hydrogen (secondary N) is 1. The van der Waals surface area contributed by atoms with Crippen LogP contribution in [0.3, 0.4) is 0 Å². The molecule has 0 aliphatic carbocycles.